The van der Waals surface area contributed by atoms with Crippen LogP contribution in [0, 0.1) is 5.82 Å². The Bertz CT molecular complexity index is 630. The zero-order chi connectivity index (χ0) is 15.9. The van der Waals surface area contributed by atoms with Gasteiger partial charge in [0.25, 0.3) is 5.91 Å². The quantitative estimate of drug-likeness (QED) is 0.814. The molecule has 2 N–H and O–H groups in total. The summed E-state index contributed by atoms with van der Waals surface area (Å²) in [6.07, 6.45) is 0. The monoisotopic (exact) mass is 307 g/mol. The first-order valence-electron chi connectivity index (χ1n) is 6.97. The van der Waals surface area contributed by atoms with Gasteiger partial charge in [0.1, 0.15) is 6.61 Å². The van der Waals surface area contributed by atoms with Gasteiger partial charge in [-0.25, -0.2) is 4.39 Å². The Hall–Kier alpha value is -2.41. The third-order valence-corrected chi connectivity index (χ3v) is 3.11. The van der Waals surface area contributed by atoms with Gasteiger partial charge in [-0.15, -0.1) is 0 Å². The van der Waals surface area contributed by atoms with Crippen LogP contribution in [-0.4, -0.2) is 45.8 Å². The van der Waals surface area contributed by atoms with Gasteiger partial charge in [-0.05, 0) is 25.1 Å². The molecule has 1 amide bonds. The number of hydrogen-bond donors (Lipinski definition) is 2. The van der Waals surface area contributed by atoms with Crippen molar-refractivity contribution in [3.63, 3.8) is 0 Å². The smallest absolute Gasteiger partial charge is 0.274 e. The van der Waals surface area contributed by atoms with Crippen LogP contribution in [0.25, 0.3) is 0 Å². The Balaban J connectivity index is 1.99. The van der Waals surface area contributed by atoms with Crippen molar-refractivity contribution in [2.45, 2.75) is 13.5 Å². The maximum atomic E-state index is 13.4. The van der Waals surface area contributed by atoms with Crippen LogP contribution < -0.4 is 4.74 Å². The normalized spacial score (nSPS) is 10.5. The summed E-state index contributed by atoms with van der Waals surface area (Å²) >= 11 is 0. The molecule has 2 aromatic rings. The molecule has 0 saturated carbocycles. The maximum Gasteiger partial charge on any atom is 0.274 e. The molecule has 22 heavy (non-hydrogen) atoms. The highest BCUT2D eigenvalue weighted by molar-refractivity contribution is 5.92. The molecule has 0 aliphatic carbocycles. The number of rotatable bonds is 7. The summed E-state index contributed by atoms with van der Waals surface area (Å²) < 4.78 is 18.8. The maximum absolute atomic E-state index is 13.4. The summed E-state index contributed by atoms with van der Waals surface area (Å²) in [7, 11) is 0. The van der Waals surface area contributed by atoms with E-state index in [0.717, 1.165) is 0 Å². The first kappa shape index (κ1) is 16.0. The van der Waals surface area contributed by atoms with Crippen molar-refractivity contribution in [2.75, 3.05) is 19.7 Å². The van der Waals surface area contributed by atoms with Crippen LogP contribution in [0.4, 0.5) is 4.39 Å². The van der Waals surface area contributed by atoms with E-state index in [2.05, 4.69) is 10.2 Å². The molecule has 2 rings (SSSR count). The summed E-state index contributed by atoms with van der Waals surface area (Å²) in [6, 6.07) is 7.65. The molecule has 0 radical (unpaired) electrons. The van der Waals surface area contributed by atoms with Crippen molar-refractivity contribution in [3.05, 3.63) is 47.5 Å². The van der Waals surface area contributed by atoms with E-state index in [1.54, 1.807) is 18.2 Å². The fourth-order valence-electron chi connectivity index (χ4n) is 1.95. The number of para-hydroxylation sites is 1. The predicted octanol–water partition coefficient (Wildman–Crippen LogP) is 1.58. The summed E-state index contributed by atoms with van der Waals surface area (Å²) in [5.74, 6) is -0.580. The van der Waals surface area contributed by atoms with Gasteiger partial charge in [-0.1, -0.05) is 12.1 Å². The van der Waals surface area contributed by atoms with E-state index in [4.69, 9.17) is 9.84 Å². The summed E-state index contributed by atoms with van der Waals surface area (Å²) in [6.45, 7) is 2.53. The van der Waals surface area contributed by atoms with Crippen LogP contribution >= 0.6 is 0 Å². The molecule has 0 bridgehead atoms. The number of likely N-dealkylation sites (N-methyl/N-ethyl adjacent to an activating group) is 1. The van der Waals surface area contributed by atoms with Gasteiger partial charge in [0.05, 0.1) is 12.3 Å². The number of aromatic nitrogens is 2. The van der Waals surface area contributed by atoms with Gasteiger partial charge in [-0.3, -0.25) is 9.89 Å². The molecule has 7 heteroatoms. The lowest BCUT2D eigenvalue weighted by atomic mass is 10.3. The molecule has 1 aromatic heterocycles. The topological polar surface area (TPSA) is 78.5 Å². The Labute approximate surface area is 127 Å². The molecule has 0 fully saturated rings. The first-order valence-corrected chi connectivity index (χ1v) is 6.97. The molecule has 0 atom stereocenters. The van der Waals surface area contributed by atoms with Crippen molar-refractivity contribution in [2.24, 2.45) is 0 Å². The Morgan fingerprint density at radius 2 is 2.23 bits per heavy atom. The van der Waals surface area contributed by atoms with E-state index >= 15 is 0 Å². The zero-order valence-corrected chi connectivity index (χ0v) is 12.3. The molecule has 1 heterocycles. The van der Waals surface area contributed by atoms with Crippen LogP contribution in [0.1, 0.15) is 23.1 Å². The molecular formula is C15H18FN3O3. The van der Waals surface area contributed by atoms with Crippen LogP contribution in [0.5, 0.6) is 5.75 Å². The lowest BCUT2D eigenvalue weighted by molar-refractivity contribution is 0.0726. The lowest BCUT2D eigenvalue weighted by Crippen LogP contribution is -2.33. The number of aromatic amines is 1. The van der Waals surface area contributed by atoms with Gasteiger partial charge < -0.3 is 14.7 Å². The fourth-order valence-corrected chi connectivity index (χ4v) is 1.95. The van der Waals surface area contributed by atoms with E-state index in [9.17, 15) is 9.18 Å². The van der Waals surface area contributed by atoms with Gasteiger partial charge in [0.15, 0.2) is 17.3 Å². The Kier molecular flexibility index (Phi) is 5.48. The second-order valence-electron chi connectivity index (χ2n) is 4.61. The molecular weight excluding hydrogens is 289 g/mol. The van der Waals surface area contributed by atoms with Crippen LogP contribution in [0.15, 0.2) is 30.3 Å². The summed E-state index contributed by atoms with van der Waals surface area (Å²) in [5.41, 5.74) is 0.800. The van der Waals surface area contributed by atoms with E-state index in [1.807, 2.05) is 6.92 Å². The summed E-state index contributed by atoms with van der Waals surface area (Å²) in [4.78, 5) is 13.6. The van der Waals surface area contributed by atoms with Crippen LogP contribution in [-0.2, 0) is 6.61 Å². The number of halogens is 1. The molecule has 0 unspecified atom stereocenters. The van der Waals surface area contributed by atoms with E-state index in [-0.39, 0.29) is 37.1 Å². The molecule has 0 saturated heterocycles. The number of aliphatic hydroxyl groups excluding tert-OH is 1. The standard InChI is InChI=1S/C15H18FN3O3/c1-2-19(7-8-20)15(21)13-9-11(17-18-13)10-22-14-6-4-3-5-12(14)16/h3-6,9,20H,2,7-8,10H2,1H3,(H,17,18). The van der Waals surface area contributed by atoms with Gasteiger partial charge in [0, 0.05) is 13.1 Å². The average molecular weight is 307 g/mol. The highest BCUT2D eigenvalue weighted by atomic mass is 19.1. The van der Waals surface area contributed by atoms with Crippen molar-refractivity contribution in [1.29, 1.82) is 0 Å². The third-order valence-electron chi connectivity index (χ3n) is 3.11. The van der Waals surface area contributed by atoms with E-state index in [0.29, 0.717) is 12.2 Å². The number of H-pyrrole nitrogens is 1. The second-order valence-corrected chi connectivity index (χ2v) is 4.61. The van der Waals surface area contributed by atoms with Crippen LogP contribution in [0.2, 0.25) is 0 Å². The van der Waals surface area contributed by atoms with Gasteiger partial charge in [-0.2, -0.15) is 5.10 Å². The molecule has 0 aliphatic heterocycles. The molecule has 1 aromatic carbocycles. The van der Waals surface area contributed by atoms with Gasteiger partial charge >= 0.3 is 0 Å². The number of carbonyl (C=O) groups excluding carboxylic acids is 1. The summed E-state index contributed by atoms with van der Waals surface area (Å²) in [5, 5.41) is 15.5. The number of carbonyl (C=O) groups is 1. The zero-order valence-electron chi connectivity index (χ0n) is 12.3. The van der Waals surface area contributed by atoms with E-state index in [1.165, 1.54) is 17.0 Å². The van der Waals surface area contributed by atoms with E-state index < -0.39 is 5.82 Å². The molecule has 0 spiro atoms. The Morgan fingerprint density at radius 3 is 2.91 bits per heavy atom. The van der Waals surface area contributed by atoms with Crippen molar-refractivity contribution in [1.82, 2.24) is 15.1 Å². The van der Waals surface area contributed by atoms with Crippen LogP contribution in [0.3, 0.4) is 0 Å². The van der Waals surface area contributed by atoms with Crippen molar-refractivity contribution < 1.29 is 19.0 Å². The minimum Gasteiger partial charge on any atom is -0.484 e. The number of benzene rings is 1. The third kappa shape index (κ3) is 3.82. The number of nitrogens with zero attached hydrogens (tertiary/aromatic N) is 2. The second kappa shape index (κ2) is 7.56. The number of hydrogen-bond acceptors (Lipinski definition) is 4. The van der Waals surface area contributed by atoms with Gasteiger partial charge in [0.2, 0.25) is 0 Å². The molecule has 6 nitrogen and oxygen atoms in total. The number of nitrogens with one attached hydrogen (secondary N) is 1. The highest BCUT2D eigenvalue weighted by Gasteiger charge is 2.17. The predicted molar refractivity (Wildman–Crippen MR) is 78.0 cm³/mol. The number of amides is 1. The highest BCUT2D eigenvalue weighted by Crippen LogP contribution is 2.17. The lowest BCUT2D eigenvalue weighted by Gasteiger charge is -2.17. The number of aliphatic hydroxyl groups is 1. The number of ether oxygens (including phenoxy) is 1. The van der Waals surface area contributed by atoms with Crippen molar-refractivity contribution >= 4 is 5.91 Å². The SMILES string of the molecule is CCN(CCO)C(=O)c1cc(COc2ccccc2F)[nH]n1. The minimum absolute atomic E-state index is 0.0767. The van der Waals surface area contributed by atoms with Crippen molar-refractivity contribution in [3.8, 4) is 5.75 Å². The first-order chi connectivity index (χ1) is 10.7. The molecule has 118 valence electrons. The molecule has 0 aliphatic rings. The Morgan fingerprint density at radius 1 is 1.45 bits per heavy atom. The fraction of sp³-hybridized carbons (Fsp3) is 0.333. The largest absolute Gasteiger partial charge is 0.484 e. The average Bonchev–Trinajstić information content (AvgIpc) is 3.00. The minimum atomic E-state index is -0.446.